The molecule has 6 heteroatoms. The highest BCUT2D eigenvalue weighted by Gasteiger charge is 2.13. The molecule has 0 radical (unpaired) electrons. The van der Waals surface area contributed by atoms with Gasteiger partial charge in [-0.3, -0.25) is 4.79 Å². The third-order valence-corrected chi connectivity index (χ3v) is 4.51. The largest absolute Gasteiger partial charge is 0.325 e. The fraction of sp³-hybridized carbons (Fsp3) is 0.267. The van der Waals surface area contributed by atoms with Crippen LogP contribution in [0.25, 0.3) is 0 Å². The first-order valence-corrected chi connectivity index (χ1v) is 8.13. The van der Waals surface area contributed by atoms with Crippen molar-refractivity contribution in [2.45, 2.75) is 13.5 Å². The van der Waals surface area contributed by atoms with Crippen molar-refractivity contribution in [3.63, 3.8) is 0 Å². The number of aryl methyl sites for hydroxylation is 1. The van der Waals surface area contributed by atoms with Crippen LogP contribution in [0.15, 0.2) is 30.3 Å². The predicted molar refractivity (Wildman–Crippen MR) is 89.6 cm³/mol. The summed E-state index contributed by atoms with van der Waals surface area (Å²) in [5, 5.41) is 3.41. The van der Waals surface area contributed by atoms with Crippen LogP contribution in [0.4, 0.5) is 5.69 Å². The van der Waals surface area contributed by atoms with Gasteiger partial charge in [-0.1, -0.05) is 29.3 Å². The lowest BCUT2D eigenvalue weighted by atomic mass is 10.2. The molecule has 0 aliphatic rings. The molecule has 3 nitrogen and oxygen atoms in total. The van der Waals surface area contributed by atoms with Crippen molar-refractivity contribution in [3.8, 4) is 0 Å². The van der Waals surface area contributed by atoms with Gasteiger partial charge in [0.15, 0.2) is 6.54 Å². The van der Waals surface area contributed by atoms with E-state index in [1.54, 1.807) is 11.3 Å². The van der Waals surface area contributed by atoms with Crippen LogP contribution in [0.2, 0.25) is 9.36 Å². The number of carbonyl (C=O) groups is 1. The third kappa shape index (κ3) is 5.00. The van der Waals surface area contributed by atoms with Crippen molar-refractivity contribution in [1.29, 1.82) is 0 Å². The zero-order chi connectivity index (χ0) is 15.4. The van der Waals surface area contributed by atoms with Gasteiger partial charge in [-0.25, -0.2) is 0 Å². The molecule has 2 rings (SSSR count). The molecule has 0 saturated heterocycles. The lowest BCUT2D eigenvalue weighted by Crippen LogP contribution is -3.08. The second-order valence-electron chi connectivity index (χ2n) is 5.05. The van der Waals surface area contributed by atoms with Gasteiger partial charge in [0.2, 0.25) is 0 Å². The fourth-order valence-electron chi connectivity index (χ4n) is 2.00. The molecule has 21 heavy (non-hydrogen) atoms. The van der Waals surface area contributed by atoms with Crippen LogP contribution in [-0.4, -0.2) is 19.5 Å². The second kappa shape index (κ2) is 7.27. The minimum absolute atomic E-state index is 0.0547. The number of hydrogen-bond donors (Lipinski definition) is 2. The molecule has 0 aliphatic carbocycles. The number of carbonyl (C=O) groups excluding carboxylic acids is 1. The number of benzene rings is 1. The zero-order valence-corrected chi connectivity index (χ0v) is 14.2. The molecule has 0 fully saturated rings. The molecule has 0 aliphatic heterocycles. The van der Waals surface area contributed by atoms with E-state index in [2.05, 4.69) is 5.32 Å². The Labute approximate surface area is 138 Å². The minimum atomic E-state index is -0.0547. The number of quaternary nitrogens is 1. The van der Waals surface area contributed by atoms with Crippen LogP contribution >= 0.6 is 34.5 Å². The maximum absolute atomic E-state index is 12.0. The van der Waals surface area contributed by atoms with Crippen molar-refractivity contribution < 1.29 is 9.69 Å². The van der Waals surface area contributed by atoms with Gasteiger partial charge < -0.3 is 10.2 Å². The summed E-state index contributed by atoms with van der Waals surface area (Å²) in [6, 6.07) is 9.45. The van der Waals surface area contributed by atoms with Crippen LogP contribution in [0.5, 0.6) is 0 Å². The standard InChI is InChI=1S/C15H16Cl2N2OS/c1-10-3-5-13(12(16)7-10)18-15(20)9-19(2)8-11-4-6-14(17)21-11/h3-7H,8-9H2,1-2H3,(H,18,20)/p+1. The highest BCUT2D eigenvalue weighted by atomic mass is 35.5. The topological polar surface area (TPSA) is 33.5 Å². The molecule has 1 amide bonds. The second-order valence-corrected chi connectivity index (χ2v) is 7.25. The summed E-state index contributed by atoms with van der Waals surface area (Å²) < 4.78 is 0.772. The van der Waals surface area contributed by atoms with Crippen LogP contribution < -0.4 is 10.2 Å². The fourth-order valence-corrected chi connectivity index (χ4v) is 3.48. The SMILES string of the molecule is Cc1ccc(NC(=O)C[NH+](C)Cc2ccc(Cl)s2)c(Cl)c1. The highest BCUT2D eigenvalue weighted by molar-refractivity contribution is 7.16. The molecule has 1 aromatic carbocycles. The quantitative estimate of drug-likeness (QED) is 0.859. The van der Waals surface area contributed by atoms with Gasteiger partial charge in [0, 0.05) is 0 Å². The molecular formula is C15H17Cl2N2OS+. The van der Waals surface area contributed by atoms with E-state index in [0.29, 0.717) is 17.3 Å². The number of thiophene rings is 1. The van der Waals surface area contributed by atoms with Crippen molar-refractivity contribution >= 4 is 46.1 Å². The summed E-state index contributed by atoms with van der Waals surface area (Å²) in [7, 11) is 1.98. The van der Waals surface area contributed by atoms with E-state index in [1.165, 1.54) is 4.88 Å². The average molecular weight is 344 g/mol. The van der Waals surface area contributed by atoms with Crippen LogP contribution in [0.1, 0.15) is 10.4 Å². The lowest BCUT2D eigenvalue weighted by molar-refractivity contribution is -0.884. The summed E-state index contributed by atoms with van der Waals surface area (Å²) >= 11 is 13.6. The van der Waals surface area contributed by atoms with Crippen molar-refractivity contribution in [3.05, 3.63) is 50.1 Å². The van der Waals surface area contributed by atoms with Crippen molar-refractivity contribution in [1.82, 2.24) is 0 Å². The van der Waals surface area contributed by atoms with Crippen LogP contribution in [-0.2, 0) is 11.3 Å². The summed E-state index contributed by atoms with van der Waals surface area (Å²) in [5.41, 5.74) is 1.72. The number of anilines is 1. The van der Waals surface area contributed by atoms with Crippen molar-refractivity contribution in [2.75, 3.05) is 18.9 Å². The van der Waals surface area contributed by atoms with Gasteiger partial charge in [0.25, 0.3) is 5.91 Å². The number of hydrogen-bond acceptors (Lipinski definition) is 2. The molecule has 2 aromatic rings. The van der Waals surface area contributed by atoms with Gasteiger partial charge in [-0.2, -0.15) is 0 Å². The average Bonchev–Trinajstić information content (AvgIpc) is 2.78. The maximum atomic E-state index is 12.0. The van der Waals surface area contributed by atoms with E-state index in [1.807, 2.05) is 44.3 Å². The first-order chi connectivity index (χ1) is 9.94. The number of likely N-dealkylation sites (N-methyl/N-ethyl adjacent to an activating group) is 1. The predicted octanol–water partition coefficient (Wildman–Crippen LogP) is 3.02. The Morgan fingerprint density at radius 3 is 2.67 bits per heavy atom. The molecule has 2 N–H and O–H groups in total. The highest BCUT2D eigenvalue weighted by Crippen LogP contribution is 2.22. The Hall–Kier alpha value is -1.07. The van der Waals surface area contributed by atoms with Gasteiger partial charge >= 0.3 is 0 Å². The first-order valence-electron chi connectivity index (χ1n) is 6.55. The Morgan fingerprint density at radius 1 is 1.29 bits per heavy atom. The monoisotopic (exact) mass is 343 g/mol. The molecule has 0 saturated carbocycles. The maximum Gasteiger partial charge on any atom is 0.279 e. The Balaban J connectivity index is 1.89. The van der Waals surface area contributed by atoms with Gasteiger partial charge in [-0.15, -0.1) is 11.3 Å². The van der Waals surface area contributed by atoms with E-state index >= 15 is 0 Å². The molecule has 1 atom stereocenters. The molecular weight excluding hydrogens is 327 g/mol. The van der Waals surface area contributed by atoms with E-state index < -0.39 is 0 Å². The van der Waals surface area contributed by atoms with E-state index in [-0.39, 0.29) is 5.91 Å². The summed E-state index contributed by atoms with van der Waals surface area (Å²) in [6.45, 7) is 3.10. The summed E-state index contributed by atoms with van der Waals surface area (Å²) in [5.74, 6) is -0.0547. The number of nitrogens with one attached hydrogen (secondary N) is 2. The molecule has 0 bridgehead atoms. The molecule has 1 unspecified atom stereocenters. The van der Waals surface area contributed by atoms with E-state index in [9.17, 15) is 4.79 Å². The minimum Gasteiger partial charge on any atom is -0.325 e. The van der Waals surface area contributed by atoms with Crippen molar-refractivity contribution in [2.24, 2.45) is 0 Å². The summed E-state index contributed by atoms with van der Waals surface area (Å²) in [4.78, 5) is 14.3. The van der Waals surface area contributed by atoms with Gasteiger partial charge in [0.1, 0.15) is 6.54 Å². The zero-order valence-electron chi connectivity index (χ0n) is 11.9. The molecule has 1 aromatic heterocycles. The number of halogens is 2. The smallest absolute Gasteiger partial charge is 0.279 e. The first kappa shape index (κ1) is 16.3. The Kier molecular flexibility index (Phi) is 5.65. The molecule has 1 heterocycles. The van der Waals surface area contributed by atoms with Gasteiger partial charge in [0.05, 0.1) is 27.0 Å². The molecule has 0 spiro atoms. The lowest BCUT2D eigenvalue weighted by Gasteiger charge is -2.13. The van der Waals surface area contributed by atoms with E-state index in [4.69, 9.17) is 23.2 Å². The van der Waals surface area contributed by atoms with Crippen LogP contribution in [0, 0.1) is 6.92 Å². The Morgan fingerprint density at radius 2 is 2.05 bits per heavy atom. The van der Waals surface area contributed by atoms with Gasteiger partial charge in [-0.05, 0) is 36.8 Å². The van der Waals surface area contributed by atoms with Crippen LogP contribution in [0.3, 0.4) is 0 Å². The number of amides is 1. The number of rotatable bonds is 5. The Bertz CT molecular complexity index is 642. The summed E-state index contributed by atoms with van der Waals surface area (Å²) in [6.07, 6.45) is 0. The third-order valence-electron chi connectivity index (χ3n) is 2.97. The normalized spacial score (nSPS) is 12.2. The van der Waals surface area contributed by atoms with E-state index in [0.717, 1.165) is 21.3 Å². The molecule has 112 valence electrons.